The van der Waals surface area contributed by atoms with Gasteiger partial charge in [0.05, 0.1) is 25.4 Å². The minimum Gasteiger partial charge on any atom is -0.493 e. The third kappa shape index (κ3) is 2.40. The topological polar surface area (TPSA) is 44.2 Å². The van der Waals surface area contributed by atoms with Gasteiger partial charge in [-0.25, -0.2) is 9.97 Å². The zero-order valence-corrected chi connectivity index (χ0v) is 12.3. The monoisotopic (exact) mass is 280 g/mol. The summed E-state index contributed by atoms with van der Waals surface area (Å²) >= 11 is 0. The van der Waals surface area contributed by atoms with Crippen LogP contribution < -0.4 is 9.47 Å². The molecular weight excluding hydrogens is 264 g/mol. The molecular formula is C17H16N2O2. The molecule has 4 heteroatoms. The molecule has 0 saturated carbocycles. The van der Waals surface area contributed by atoms with Gasteiger partial charge in [0.1, 0.15) is 5.82 Å². The number of nitrogens with zero attached hydrogens (tertiary/aromatic N) is 2. The molecule has 0 atom stereocenters. The molecule has 2 aromatic carbocycles. The van der Waals surface area contributed by atoms with E-state index in [-0.39, 0.29) is 0 Å². The van der Waals surface area contributed by atoms with Crippen molar-refractivity contribution in [2.75, 3.05) is 14.2 Å². The minimum atomic E-state index is 0.669. The van der Waals surface area contributed by atoms with E-state index in [1.165, 1.54) is 0 Å². The number of aromatic nitrogens is 2. The van der Waals surface area contributed by atoms with Gasteiger partial charge >= 0.3 is 0 Å². The predicted octanol–water partition coefficient (Wildman–Crippen LogP) is 3.62. The summed E-state index contributed by atoms with van der Waals surface area (Å²) < 4.78 is 10.7. The normalized spacial score (nSPS) is 10.6. The maximum Gasteiger partial charge on any atom is 0.162 e. The summed E-state index contributed by atoms with van der Waals surface area (Å²) in [5.74, 6) is 2.07. The van der Waals surface area contributed by atoms with Crippen LogP contribution in [-0.2, 0) is 0 Å². The number of fused-ring (bicyclic) bond motifs is 1. The van der Waals surface area contributed by atoms with E-state index in [0.717, 1.165) is 28.0 Å². The Hall–Kier alpha value is -2.62. The van der Waals surface area contributed by atoms with Gasteiger partial charge < -0.3 is 9.47 Å². The molecule has 106 valence electrons. The van der Waals surface area contributed by atoms with Gasteiger partial charge in [0.2, 0.25) is 0 Å². The van der Waals surface area contributed by atoms with E-state index in [2.05, 4.69) is 9.97 Å². The molecule has 21 heavy (non-hydrogen) atoms. The summed E-state index contributed by atoms with van der Waals surface area (Å²) in [6, 6.07) is 13.9. The zero-order chi connectivity index (χ0) is 14.8. The van der Waals surface area contributed by atoms with Gasteiger partial charge in [-0.1, -0.05) is 30.3 Å². The summed E-state index contributed by atoms with van der Waals surface area (Å²) in [7, 11) is 3.25. The van der Waals surface area contributed by atoms with Gasteiger partial charge in [0.15, 0.2) is 11.5 Å². The molecule has 0 N–H and O–H groups in total. The highest BCUT2D eigenvalue weighted by molar-refractivity contribution is 5.94. The number of methoxy groups -OCH3 is 2. The van der Waals surface area contributed by atoms with E-state index in [9.17, 15) is 0 Å². The van der Waals surface area contributed by atoms with Crippen LogP contribution in [0.2, 0.25) is 0 Å². The highest BCUT2D eigenvalue weighted by atomic mass is 16.5. The molecule has 0 unspecified atom stereocenters. The van der Waals surface area contributed by atoms with Crippen molar-refractivity contribution in [3.8, 4) is 22.8 Å². The van der Waals surface area contributed by atoms with Crippen LogP contribution in [-0.4, -0.2) is 24.2 Å². The van der Waals surface area contributed by atoms with Gasteiger partial charge in [-0.05, 0) is 13.0 Å². The molecule has 0 aliphatic heterocycles. The van der Waals surface area contributed by atoms with Crippen LogP contribution in [0.1, 0.15) is 5.82 Å². The highest BCUT2D eigenvalue weighted by Gasteiger charge is 2.13. The molecule has 1 aromatic heterocycles. The first-order valence-electron chi connectivity index (χ1n) is 6.68. The average molecular weight is 280 g/mol. The molecule has 4 nitrogen and oxygen atoms in total. The maximum absolute atomic E-state index is 5.38. The molecule has 3 rings (SSSR count). The lowest BCUT2D eigenvalue weighted by atomic mass is 10.1. The van der Waals surface area contributed by atoms with Gasteiger partial charge in [-0.2, -0.15) is 0 Å². The highest BCUT2D eigenvalue weighted by Crippen LogP contribution is 2.35. The number of ether oxygens (including phenoxy) is 2. The molecule has 0 fully saturated rings. The van der Waals surface area contributed by atoms with Crippen LogP contribution in [0.5, 0.6) is 11.5 Å². The first-order chi connectivity index (χ1) is 10.2. The fourth-order valence-electron chi connectivity index (χ4n) is 2.39. The van der Waals surface area contributed by atoms with Crippen molar-refractivity contribution in [2.45, 2.75) is 6.92 Å². The second-order valence-corrected chi connectivity index (χ2v) is 4.71. The Morgan fingerprint density at radius 1 is 0.857 bits per heavy atom. The summed E-state index contributed by atoms with van der Waals surface area (Å²) in [4.78, 5) is 9.09. The van der Waals surface area contributed by atoms with E-state index < -0.39 is 0 Å². The third-order valence-electron chi connectivity index (χ3n) is 3.36. The lowest BCUT2D eigenvalue weighted by Crippen LogP contribution is -1.97. The maximum atomic E-state index is 5.38. The predicted molar refractivity (Wildman–Crippen MR) is 82.8 cm³/mol. The Bertz CT molecular complexity index is 786. The molecule has 3 aromatic rings. The minimum absolute atomic E-state index is 0.669. The molecule has 1 heterocycles. The first kappa shape index (κ1) is 13.4. The summed E-state index contributed by atoms with van der Waals surface area (Å²) in [6.07, 6.45) is 0. The summed E-state index contributed by atoms with van der Waals surface area (Å²) in [6.45, 7) is 1.89. The zero-order valence-electron chi connectivity index (χ0n) is 12.3. The lowest BCUT2D eigenvalue weighted by Gasteiger charge is -2.12. The molecule has 0 aliphatic rings. The smallest absolute Gasteiger partial charge is 0.162 e. The average Bonchev–Trinajstić information content (AvgIpc) is 2.53. The Kier molecular flexibility index (Phi) is 3.44. The van der Waals surface area contributed by atoms with Crippen molar-refractivity contribution in [3.05, 3.63) is 48.3 Å². The van der Waals surface area contributed by atoms with Crippen molar-refractivity contribution in [2.24, 2.45) is 0 Å². The van der Waals surface area contributed by atoms with E-state index in [1.54, 1.807) is 14.2 Å². The molecule has 0 saturated heterocycles. The Morgan fingerprint density at radius 2 is 1.52 bits per heavy atom. The van der Waals surface area contributed by atoms with Gasteiger partial charge in [0, 0.05) is 17.0 Å². The molecule has 0 spiro atoms. The molecule has 0 radical (unpaired) electrons. The SMILES string of the molecule is COc1cc2nc(C)nc(-c3ccccc3)c2cc1OC. The Labute approximate surface area is 123 Å². The van der Waals surface area contributed by atoms with Crippen LogP contribution in [0.3, 0.4) is 0 Å². The van der Waals surface area contributed by atoms with Crippen LogP contribution >= 0.6 is 0 Å². The second-order valence-electron chi connectivity index (χ2n) is 4.71. The van der Waals surface area contributed by atoms with Crippen LogP contribution in [0.15, 0.2) is 42.5 Å². The van der Waals surface area contributed by atoms with Crippen molar-refractivity contribution < 1.29 is 9.47 Å². The number of rotatable bonds is 3. The lowest BCUT2D eigenvalue weighted by molar-refractivity contribution is 0.356. The van der Waals surface area contributed by atoms with Crippen molar-refractivity contribution in [1.29, 1.82) is 0 Å². The first-order valence-corrected chi connectivity index (χ1v) is 6.68. The van der Waals surface area contributed by atoms with E-state index in [0.29, 0.717) is 11.5 Å². The largest absolute Gasteiger partial charge is 0.493 e. The number of hydrogen-bond donors (Lipinski definition) is 0. The summed E-state index contributed by atoms with van der Waals surface area (Å²) in [5.41, 5.74) is 2.80. The van der Waals surface area contributed by atoms with Crippen molar-refractivity contribution >= 4 is 10.9 Å². The fraction of sp³-hybridized carbons (Fsp3) is 0.176. The molecule has 0 aliphatic carbocycles. The standard InChI is InChI=1S/C17H16N2O2/c1-11-18-14-10-16(21-3)15(20-2)9-13(14)17(19-11)12-7-5-4-6-8-12/h4-10H,1-3H3. The van der Waals surface area contributed by atoms with Gasteiger partial charge in [-0.15, -0.1) is 0 Å². The fourth-order valence-corrected chi connectivity index (χ4v) is 2.39. The van der Waals surface area contributed by atoms with Crippen LogP contribution in [0, 0.1) is 6.92 Å². The Morgan fingerprint density at radius 3 is 2.19 bits per heavy atom. The quantitative estimate of drug-likeness (QED) is 0.735. The van der Waals surface area contributed by atoms with E-state index in [4.69, 9.17) is 9.47 Å². The van der Waals surface area contributed by atoms with Crippen LogP contribution in [0.25, 0.3) is 22.2 Å². The van der Waals surface area contributed by atoms with Crippen LogP contribution in [0.4, 0.5) is 0 Å². The number of benzene rings is 2. The second kappa shape index (κ2) is 5.40. The van der Waals surface area contributed by atoms with Gasteiger partial charge in [-0.3, -0.25) is 0 Å². The Balaban J connectivity index is 2.34. The van der Waals surface area contributed by atoms with Crippen molar-refractivity contribution in [3.63, 3.8) is 0 Å². The third-order valence-corrected chi connectivity index (χ3v) is 3.36. The summed E-state index contributed by atoms with van der Waals surface area (Å²) in [5, 5.41) is 0.949. The van der Waals surface area contributed by atoms with E-state index >= 15 is 0 Å². The van der Waals surface area contributed by atoms with Crippen molar-refractivity contribution in [1.82, 2.24) is 9.97 Å². The molecule has 0 amide bonds. The molecule has 0 bridgehead atoms. The van der Waals surface area contributed by atoms with E-state index in [1.807, 2.05) is 49.4 Å². The van der Waals surface area contributed by atoms with Gasteiger partial charge in [0.25, 0.3) is 0 Å². The number of hydrogen-bond acceptors (Lipinski definition) is 4. The number of aryl methyl sites for hydroxylation is 1.